The number of hydrogen-bond acceptors (Lipinski definition) is 9. The van der Waals surface area contributed by atoms with Crippen LogP contribution in [-0.2, 0) is 10.9 Å². The van der Waals surface area contributed by atoms with Gasteiger partial charge in [-0.1, -0.05) is 6.92 Å². The van der Waals surface area contributed by atoms with Gasteiger partial charge in [0.15, 0.2) is 5.82 Å². The minimum atomic E-state index is -5.12. The molecule has 1 aromatic heterocycles. The number of nitrogens with zero attached hydrogens (tertiary/aromatic N) is 6. The number of carbonyl (C=O) groups is 1. The number of alkyl halides is 4. The van der Waals surface area contributed by atoms with Gasteiger partial charge in [-0.2, -0.15) is 28.4 Å². The number of nitriles is 1. The van der Waals surface area contributed by atoms with Crippen molar-refractivity contribution >= 4 is 28.5 Å². The lowest BCUT2D eigenvalue weighted by Gasteiger charge is -2.43. The third-order valence-corrected chi connectivity index (χ3v) is 11.2. The quantitative estimate of drug-likeness (QED) is 0.201. The van der Waals surface area contributed by atoms with E-state index in [1.54, 1.807) is 36.6 Å². The summed E-state index contributed by atoms with van der Waals surface area (Å²) in [6, 6.07) is 1.47. The van der Waals surface area contributed by atoms with Gasteiger partial charge in [-0.15, -0.1) is 0 Å². The van der Waals surface area contributed by atoms with Gasteiger partial charge in [-0.25, -0.2) is 13.6 Å². The van der Waals surface area contributed by atoms with E-state index in [1.165, 1.54) is 6.92 Å². The molecular weight excluding hydrogens is 716 g/mol. The van der Waals surface area contributed by atoms with E-state index in [9.17, 15) is 27.6 Å². The van der Waals surface area contributed by atoms with Crippen LogP contribution >= 0.6 is 0 Å². The van der Waals surface area contributed by atoms with E-state index < -0.39 is 69.4 Å². The number of aromatic nitrogens is 2. The molecule has 54 heavy (non-hydrogen) atoms. The van der Waals surface area contributed by atoms with Crippen molar-refractivity contribution in [2.24, 2.45) is 11.3 Å². The Hall–Kier alpha value is -4.52. The Morgan fingerprint density at radius 3 is 2.30 bits per heavy atom. The largest absolute Gasteiger partial charge is 0.463 e. The molecule has 3 aliphatic rings. The van der Waals surface area contributed by atoms with E-state index in [0.29, 0.717) is 32.4 Å². The summed E-state index contributed by atoms with van der Waals surface area (Å²) in [7, 11) is 1.90. The smallest absolute Gasteiger partial charge is 0.417 e. The van der Waals surface area contributed by atoms with Crippen molar-refractivity contribution < 1.29 is 40.6 Å². The predicted octanol–water partition coefficient (Wildman–Crippen LogP) is 7.56. The number of piperidine rings is 1. The average Bonchev–Trinajstić information content (AvgIpc) is 3.34. The molecule has 0 saturated carbocycles. The van der Waals surface area contributed by atoms with Gasteiger partial charge in [0.25, 0.3) is 0 Å². The zero-order valence-corrected chi connectivity index (χ0v) is 31.4. The fraction of sp³-hybridized carbons (Fsp3) is 0.579. The van der Waals surface area contributed by atoms with Gasteiger partial charge < -0.3 is 25.0 Å². The van der Waals surface area contributed by atoms with Crippen LogP contribution < -0.4 is 15.4 Å². The first-order valence-corrected chi connectivity index (χ1v) is 17.9. The molecule has 0 spiro atoms. The van der Waals surface area contributed by atoms with Gasteiger partial charge in [0.05, 0.1) is 47.7 Å². The maximum absolute atomic E-state index is 17.1. The molecule has 0 unspecified atom stereocenters. The number of piperazine rings is 1. The Kier molecular flexibility index (Phi) is 10.1. The highest BCUT2D eigenvalue weighted by atomic mass is 19.4. The van der Waals surface area contributed by atoms with Gasteiger partial charge in [0.1, 0.15) is 28.8 Å². The Balaban J connectivity index is 1.53. The normalized spacial score (nSPS) is 23.5. The van der Waals surface area contributed by atoms with E-state index in [4.69, 9.17) is 15.2 Å². The SMILES string of the molecule is Cc1c(C)c(C(F)(F)F)c(-c2c(F)cc3c(N4C[C@H]5CC[C@@H](C4)N5C(=O)OC(C)(C)C)nc(OC[C@]4(C)CN(C)CC[C@@H]4CF)nc3c2F)c(C#N)c1N. The molecule has 3 saturated heterocycles. The van der Waals surface area contributed by atoms with Crippen LogP contribution in [0, 0.1) is 48.1 Å². The van der Waals surface area contributed by atoms with E-state index in [2.05, 4.69) is 9.97 Å². The molecule has 6 rings (SSSR count). The first-order chi connectivity index (χ1) is 25.2. The molecule has 3 fully saturated rings. The molecule has 292 valence electrons. The molecule has 2 N–H and O–H groups in total. The molecule has 4 heterocycles. The van der Waals surface area contributed by atoms with Crippen molar-refractivity contribution in [2.45, 2.75) is 84.7 Å². The highest BCUT2D eigenvalue weighted by Crippen LogP contribution is 2.48. The molecule has 1 amide bonds. The third kappa shape index (κ3) is 6.95. The monoisotopic (exact) mass is 761 g/mol. The van der Waals surface area contributed by atoms with Crippen LogP contribution in [0.2, 0.25) is 0 Å². The molecule has 2 aromatic carbocycles. The number of hydrogen-bond donors (Lipinski definition) is 1. The van der Waals surface area contributed by atoms with Crippen molar-refractivity contribution in [1.29, 1.82) is 5.26 Å². The van der Waals surface area contributed by atoms with E-state index in [-0.39, 0.29) is 71.7 Å². The zero-order valence-electron chi connectivity index (χ0n) is 31.4. The summed E-state index contributed by atoms with van der Waals surface area (Å²) in [5.41, 5.74) is -0.919. The molecule has 4 atom stereocenters. The lowest BCUT2D eigenvalue weighted by Crippen LogP contribution is -2.57. The molecule has 2 bridgehead atoms. The Labute approximate surface area is 310 Å². The molecular formula is C38H45F6N7O3. The van der Waals surface area contributed by atoms with Crippen LogP contribution in [-0.4, -0.2) is 90.1 Å². The lowest BCUT2D eigenvalue weighted by molar-refractivity contribution is -0.137. The second kappa shape index (κ2) is 14.0. The summed E-state index contributed by atoms with van der Waals surface area (Å²) in [4.78, 5) is 27.6. The maximum atomic E-state index is 17.1. The summed E-state index contributed by atoms with van der Waals surface area (Å²) in [5.74, 6) is -3.17. The molecule has 3 aliphatic heterocycles. The first kappa shape index (κ1) is 39.2. The zero-order chi connectivity index (χ0) is 39.7. The average molecular weight is 762 g/mol. The van der Waals surface area contributed by atoms with Gasteiger partial charge >= 0.3 is 18.3 Å². The lowest BCUT2D eigenvalue weighted by atomic mass is 9.73. The first-order valence-electron chi connectivity index (χ1n) is 17.9. The number of benzene rings is 2. The van der Waals surface area contributed by atoms with Gasteiger partial charge in [0.2, 0.25) is 0 Å². The molecule has 0 aliphatic carbocycles. The summed E-state index contributed by atoms with van der Waals surface area (Å²) in [6.07, 6.45) is -3.78. The number of nitrogen functional groups attached to an aromatic ring is 1. The van der Waals surface area contributed by atoms with Crippen molar-refractivity contribution in [1.82, 2.24) is 19.8 Å². The van der Waals surface area contributed by atoms with Gasteiger partial charge in [0, 0.05) is 36.0 Å². The highest BCUT2D eigenvalue weighted by molar-refractivity contribution is 5.96. The topological polar surface area (TPSA) is 121 Å². The van der Waals surface area contributed by atoms with E-state index in [1.807, 2.05) is 18.9 Å². The predicted molar refractivity (Wildman–Crippen MR) is 191 cm³/mol. The molecule has 3 aromatic rings. The van der Waals surface area contributed by atoms with E-state index in [0.717, 1.165) is 13.0 Å². The summed E-state index contributed by atoms with van der Waals surface area (Å²) >= 11 is 0. The number of carbonyl (C=O) groups excluding carboxylic acids is 1. The Morgan fingerprint density at radius 2 is 1.72 bits per heavy atom. The van der Waals surface area contributed by atoms with Crippen LogP contribution in [0.5, 0.6) is 6.01 Å². The van der Waals surface area contributed by atoms with Crippen molar-refractivity contribution in [2.75, 3.05) is 57.1 Å². The fourth-order valence-corrected chi connectivity index (χ4v) is 8.33. The fourth-order valence-electron chi connectivity index (χ4n) is 8.33. The van der Waals surface area contributed by atoms with Crippen molar-refractivity contribution in [3.8, 4) is 23.2 Å². The summed E-state index contributed by atoms with van der Waals surface area (Å²) < 4.78 is 104. The maximum Gasteiger partial charge on any atom is 0.417 e. The second-order valence-corrected chi connectivity index (χ2v) is 16.2. The minimum Gasteiger partial charge on any atom is -0.463 e. The number of nitrogens with two attached hydrogens (primary N) is 1. The molecule has 16 heteroatoms. The summed E-state index contributed by atoms with van der Waals surface area (Å²) in [6.45, 7) is 10.5. The van der Waals surface area contributed by atoms with Gasteiger partial charge in [-0.3, -0.25) is 9.29 Å². The second-order valence-electron chi connectivity index (χ2n) is 16.2. The standard InChI is InChI=1S/C38H45F6N7O3/c1-19-20(2)31(46)25(14-45)27(29(19)38(42,43)44)28-26(40)12-24-32(30(28)41)47-34(53-18-37(6)17-49(7)11-10-21(37)13-39)48-33(24)50-15-22-8-9-23(16-50)51(22)35(52)54-36(3,4)5/h12,21-23H,8-11,13,15-18,46H2,1-7H3/t21-,22-,23+,37+/m1/s1. The molecule has 10 nitrogen and oxygen atoms in total. The van der Waals surface area contributed by atoms with Crippen LogP contribution in [0.25, 0.3) is 22.0 Å². The Bertz CT molecular complexity index is 2020. The number of rotatable bonds is 6. The van der Waals surface area contributed by atoms with E-state index >= 15 is 8.78 Å². The van der Waals surface area contributed by atoms with Gasteiger partial charge in [-0.05, 0) is 90.6 Å². The highest BCUT2D eigenvalue weighted by Gasteiger charge is 2.46. The third-order valence-electron chi connectivity index (χ3n) is 11.2. The molecule has 0 radical (unpaired) electrons. The number of amides is 1. The number of halogens is 6. The van der Waals surface area contributed by atoms with Crippen LogP contribution in [0.15, 0.2) is 6.07 Å². The van der Waals surface area contributed by atoms with Crippen LogP contribution in [0.4, 0.5) is 42.6 Å². The number of ether oxygens (including phenoxy) is 2. The van der Waals surface area contributed by atoms with Crippen LogP contribution in [0.1, 0.15) is 69.2 Å². The Morgan fingerprint density at radius 1 is 1.07 bits per heavy atom. The number of likely N-dealkylation sites (tertiary alicyclic amines) is 1. The van der Waals surface area contributed by atoms with Crippen molar-refractivity contribution in [3.63, 3.8) is 0 Å². The number of anilines is 2. The van der Waals surface area contributed by atoms with Crippen LogP contribution in [0.3, 0.4) is 0 Å². The minimum absolute atomic E-state index is 0.0434. The summed E-state index contributed by atoms with van der Waals surface area (Å²) in [5, 5.41) is 9.86. The van der Waals surface area contributed by atoms with Crippen molar-refractivity contribution in [3.05, 3.63) is 40.0 Å². The number of fused-ring (bicyclic) bond motifs is 3.